The fourth-order valence-corrected chi connectivity index (χ4v) is 4.24. The van der Waals surface area contributed by atoms with Crippen molar-refractivity contribution >= 4 is 15.9 Å². The number of amides is 1. The number of hydrogen-bond acceptors (Lipinski definition) is 4. The number of piperazine rings is 1. The van der Waals surface area contributed by atoms with E-state index in [0.717, 1.165) is 12.1 Å². The minimum Gasteiger partial charge on any atom is -0.351 e. The average molecular weight is 375 g/mol. The molecule has 0 unspecified atom stereocenters. The van der Waals surface area contributed by atoms with Crippen molar-refractivity contribution in [2.45, 2.75) is 13.3 Å². The highest BCUT2D eigenvalue weighted by Crippen LogP contribution is 2.12. The van der Waals surface area contributed by atoms with Gasteiger partial charge in [0.2, 0.25) is 10.0 Å². The number of nitrogens with one attached hydrogen (secondary N) is 1. The number of carbonyl (C=O) groups is 1. The molecule has 0 aromatic heterocycles. The molecule has 25 heavy (non-hydrogen) atoms. The molecule has 0 aliphatic carbocycles. The molecule has 0 radical (unpaired) electrons. The van der Waals surface area contributed by atoms with Gasteiger partial charge in [-0.15, -0.1) is 0 Å². The summed E-state index contributed by atoms with van der Waals surface area (Å²) in [6.07, 6.45) is 0.585. The number of sulfonamides is 1. The van der Waals surface area contributed by atoms with Crippen molar-refractivity contribution in [1.82, 2.24) is 14.5 Å². The summed E-state index contributed by atoms with van der Waals surface area (Å²) in [5.41, 5.74) is -0.585. The lowest BCUT2D eigenvalue weighted by Crippen LogP contribution is -2.50. The van der Waals surface area contributed by atoms with E-state index in [1.807, 2.05) is 11.8 Å². The van der Waals surface area contributed by atoms with Crippen LogP contribution in [-0.2, 0) is 10.0 Å². The summed E-state index contributed by atoms with van der Waals surface area (Å²) in [5, 5.41) is 2.50. The summed E-state index contributed by atoms with van der Waals surface area (Å²) in [7, 11) is -3.18. The smallest absolute Gasteiger partial charge is 0.257 e. The SMILES string of the molecule is CCCS(=O)(=O)N1CCN(CCNC(=O)c2c(F)cccc2F)CC1. The molecule has 0 bridgehead atoms. The maximum Gasteiger partial charge on any atom is 0.257 e. The monoisotopic (exact) mass is 375 g/mol. The van der Waals surface area contributed by atoms with Gasteiger partial charge in [-0.2, -0.15) is 4.31 Å². The zero-order chi connectivity index (χ0) is 18.4. The molecule has 0 spiro atoms. The quantitative estimate of drug-likeness (QED) is 0.774. The number of nitrogens with zero attached hydrogens (tertiary/aromatic N) is 2. The lowest BCUT2D eigenvalue weighted by atomic mass is 10.2. The van der Waals surface area contributed by atoms with E-state index in [4.69, 9.17) is 0 Å². The van der Waals surface area contributed by atoms with Crippen molar-refractivity contribution in [2.75, 3.05) is 45.0 Å². The Labute approximate surface area is 146 Å². The van der Waals surface area contributed by atoms with E-state index in [-0.39, 0.29) is 12.3 Å². The van der Waals surface area contributed by atoms with E-state index >= 15 is 0 Å². The predicted octanol–water partition coefficient (Wildman–Crippen LogP) is 1.05. The van der Waals surface area contributed by atoms with Gasteiger partial charge in [0, 0.05) is 39.3 Å². The van der Waals surface area contributed by atoms with Gasteiger partial charge < -0.3 is 5.32 Å². The van der Waals surface area contributed by atoms with Crippen LogP contribution < -0.4 is 5.32 Å². The van der Waals surface area contributed by atoms with Gasteiger partial charge in [-0.05, 0) is 18.6 Å². The molecule has 1 amide bonds. The molecule has 1 N–H and O–H groups in total. The van der Waals surface area contributed by atoms with Gasteiger partial charge in [0.05, 0.1) is 5.75 Å². The summed E-state index contributed by atoms with van der Waals surface area (Å²) < 4.78 is 52.5. The average Bonchev–Trinajstić information content (AvgIpc) is 2.55. The third kappa shape index (κ3) is 5.20. The minimum absolute atomic E-state index is 0.150. The number of hydrogen-bond donors (Lipinski definition) is 1. The van der Waals surface area contributed by atoms with Crippen LogP contribution >= 0.6 is 0 Å². The Morgan fingerprint density at radius 1 is 1.16 bits per heavy atom. The number of carbonyl (C=O) groups excluding carboxylic acids is 1. The third-order valence-electron chi connectivity index (χ3n) is 4.09. The molecule has 1 aliphatic heterocycles. The van der Waals surface area contributed by atoms with Crippen molar-refractivity contribution in [2.24, 2.45) is 0 Å². The molecule has 1 aromatic rings. The second-order valence-corrected chi connectivity index (χ2v) is 8.00. The van der Waals surface area contributed by atoms with Crippen molar-refractivity contribution < 1.29 is 22.0 Å². The summed E-state index contributed by atoms with van der Waals surface area (Å²) in [6, 6.07) is 3.27. The molecule has 6 nitrogen and oxygen atoms in total. The highest BCUT2D eigenvalue weighted by atomic mass is 32.2. The zero-order valence-corrected chi connectivity index (χ0v) is 15.0. The van der Waals surface area contributed by atoms with Crippen molar-refractivity contribution in [3.8, 4) is 0 Å². The minimum atomic E-state index is -3.18. The van der Waals surface area contributed by atoms with Gasteiger partial charge in [-0.25, -0.2) is 17.2 Å². The molecule has 1 fully saturated rings. The summed E-state index contributed by atoms with van der Waals surface area (Å²) in [4.78, 5) is 13.9. The van der Waals surface area contributed by atoms with E-state index in [2.05, 4.69) is 5.32 Å². The van der Waals surface area contributed by atoms with Crippen LogP contribution in [-0.4, -0.2) is 68.6 Å². The lowest BCUT2D eigenvalue weighted by molar-refractivity contribution is 0.0936. The van der Waals surface area contributed by atoms with Crippen LogP contribution in [0.15, 0.2) is 18.2 Å². The first-order valence-corrected chi connectivity index (χ1v) is 9.88. The van der Waals surface area contributed by atoms with Crippen LogP contribution in [0.1, 0.15) is 23.7 Å². The van der Waals surface area contributed by atoms with Gasteiger partial charge in [-0.1, -0.05) is 13.0 Å². The van der Waals surface area contributed by atoms with Crippen LogP contribution in [0.5, 0.6) is 0 Å². The molecular formula is C16H23F2N3O3S. The second-order valence-electron chi connectivity index (χ2n) is 5.91. The fraction of sp³-hybridized carbons (Fsp3) is 0.562. The van der Waals surface area contributed by atoms with Crippen LogP contribution in [0, 0.1) is 11.6 Å². The largest absolute Gasteiger partial charge is 0.351 e. The maximum absolute atomic E-state index is 13.5. The zero-order valence-electron chi connectivity index (χ0n) is 14.2. The topological polar surface area (TPSA) is 69.7 Å². The highest BCUT2D eigenvalue weighted by Gasteiger charge is 2.26. The third-order valence-corrected chi connectivity index (χ3v) is 6.17. The first-order valence-electron chi connectivity index (χ1n) is 8.27. The van der Waals surface area contributed by atoms with E-state index in [9.17, 15) is 22.0 Å². The molecule has 2 rings (SSSR count). The van der Waals surface area contributed by atoms with Gasteiger partial charge in [0.1, 0.15) is 17.2 Å². The fourth-order valence-electron chi connectivity index (χ4n) is 2.75. The first-order chi connectivity index (χ1) is 11.8. The molecule has 9 heteroatoms. The molecule has 1 saturated heterocycles. The van der Waals surface area contributed by atoms with E-state index in [1.54, 1.807) is 0 Å². The van der Waals surface area contributed by atoms with Crippen LogP contribution in [0.2, 0.25) is 0 Å². The molecular weight excluding hydrogens is 352 g/mol. The summed E-state index contributed by atoms with van der Waals surface area (Å²) in [6.45, 7) is 4.50. The molecule has 140 valence electrons. The molecule has 1 aromatic carbocycles. The Bertz CT molecular complexity index is 684. The second kappa shape index (κ2) is 8.68. The van der Waals surface area contributed by atoms with Crippen LogP contribution in [0.4, 0.5) is 8.78 Å². The molecule has 0 saturated carbocycles. The van der Waals surface area contributed by atoms with Crippen molar-refractivity contribution in [1.29, 1.82) is 0 Å². The number of benzene rings is 1. The first kappa shape index (κ1) is 19.7. The summed E-state index contributed by atoms with van der Waals surface area (Å²) >= 11 is 0. The van der Waals surface area contributed by atoms with Crippen molar-refractivity contribution in [3.63, 3.8) is 0 Å². The Kier molecular flexibility index (Phi) is 6.86. The van der Waals surface area contributed by atoms with Crippen LogP contribution in [0.3, 0.4) is 0 Å². The summed E-state index contributed by atoms with van der Waals surface area (Å²) in [5.74, 6) is -2.43. The highest BCUT2D eigenvalue weighted by molar-refractivity contribution is 7.89. The maximum atomic E-state index is 13.5. The van der Waals surface area contributed by atoms with Gasteiger partial charge >= 0.3 is 0 Å². The number of rotatable bonds is 7. The predicted molar refractivity (Wildman–Crippen MR) is 90.8 cm³/mol. The Morgan fingerprint density at radius 2 is 1.76 bits per heavy atom. The van der Waals surface area contributed by atoms with E-state index in [0.29, 0.717) is 39.1 Å². The van der Waals surface area contributed by atoms with Gasteiger partial charge in [0.15, 0.2) is 0 Å². The van der Waals surface area contributed by atoms with Gasteiger partial charge in [0.25, 0.3) is 5.91 Å². The molecule has 1 aliphatic rings. The van der Waals surface area contributed by atoms with Gasteiger partial charge in [-0.3, -0.25) is 9.69 Å². The number of halogens is 2. The normalized spacial score (nSPS) is 16.8. The molecule has 0 atom stereocenters. The van der Waals surface area contributed by atoms with E-state index in [1.165, 1.54) is 10.4 Å². The standard InChI is InChI=1S/C16H23F2N3O3S/c1-2-12-25(23,24)21-10-8-20(9-11-21)7-6-19-16(22)15-13(17)4-3-5-14(15)18/h3-5H,2,6-12H2,1H3,(H,19,22). The lowest BCUT2D eigenvalue weighted by Gasteiger charge is -2.33. The molecule has 1 heterocycles. The Hall–Kier alpha value is -1.58. The van der Waals surface area contributed by atoms with E-state index < -0.39 is 33.1 Å². The van der Waals surface area contributed by atoms with Crippen LogP contribution in [0.25, 0.3) is 0 Å². The van der Waals surface area contributed by atoms with Crippen molar-refractivity contribution in [3.05, 3.63) is 35.4 Å². The Balaban J connectivity index is 1.78. The Morgan fingerprint density at radius 3 is 2.32 bits per heavy atom.